The zero-order chi connectivity index (χ0) is 15.0. The molecule has 0 unspecified atom stereocenters. The number of ether oxygens (including phenoxy) is 1. The molecule has 20 heavy (non-hydrogen) atoms. The Hall–Kier alpha value is -1.25. The molecule has 3 N–H and O–H groups in total. The summed E-state index contributed by atoms with van der Waals surface area (Å²) in [5.74, 6) is -2.27. The number of nitrogens with one attached hydrogen (secondary N) is 1. The fourth-order valence-electron chi connectivity index (χ4n) is 2.09. The largest absolute Gasteiger partial charge is 0.394 e. The minimum absolute atomic E-state index is 0.0442. The van der Waals surface area contributed by atoms with E-state index in [9.17, 15) is 17.2 Å². The lowest BCUT2D eigenvalue weighted by Crippen LogP contribution is -2.49. The number of anilines is 1. The van der Waals surface area contributed by atoms with Crippen LogP contribution >= 0.6 is 0 Å². The van der Waals surface area contributed by atoms with Crippen molar-refractivity contribution in [2.24, 2.45) is 0 Å². The second kappa shape index (κ2) is 5.27. The minimum atomic E-state index is -4.10. The smallest absolute Gasteiger partial charge is 0.243 e. The first kappa shape index (κ1) is 15.1. The molecule has 0 amide bonds. The van der Waals surface area contributed by atoms with Crippen LogP contribution in [0.4, 0.5) is 14.5 Å². The van der Waals surface area contributed by atoms with Crippen LogP contribution in [-0.2, 0) is 14.8 Å². The van der Waals surface area contributed by atoms with Crippen molar-refractivity contribution in [3.8, 4) is 0 Å². The van der Waals surface area contributed by atoms with E-state index in [4.69, 9.17) is 10.5 Å². The van der Waals surface area contributed by atoms with Gasteiger partial charge in [0.05, 0.1) is 5.60 Å². The number of hydrogen-bond acceptors (Lipinski definition) is 4. The number of sulfonamides is 1. The fourth-order valence-corrected chi connectivity index (χ4v) is 3.29. The van der Waals surface area contributed by atoms with Gasteiger partial charge in [0.25, 0.3) is 0 Å². The van der Waals surface area contributed by atoms with Gasteiger partial charge in [-0.05, 0) is 31.4 Å². The average molecular weight is 306 g/mol. The maximum absolute atomic E-state index is 13.7. The van der Waals surface area contributed by atoms with E-state index in [1.54, 1.807) is 0 Å². The van der Waals surface area contributed by atoms with Gasteiger partial charge in [0.1, 0.15) is 16.4 Å². The van der Waals surface area contributed by atoms with Crippen molar-refractivity contribution in [2.45, 2.75) is 29.8 Å². The van der Waals surface area contributed by atoms with Crippen LogP contribution in [-0.4, -0.2) is 27.7 Å². The van der Waals surface area contributed by atoms with Crippen molar-refractivity contribution >= 4 is 15.7 Å². The number of nitrogen functional groups attached to an aromatic ring is 1. The van der Waals surface area contributed by atoms with Gasteiger partial charge in [0.15, 0.2) is 5.82 Å². The molecule has 0 bridgehead atoms. The lowest BCUT2D eigenvalue weighted by atomic mass is 9.80. The number of hydrogen-bond donors (Lipinski definition) is 2. The maximum atomic E-state index is 13.7. The molecule has 0 heterocycles. The fraction of sp³-hybridized carbons (Fsp3) is 0.500. The third-order valence-corrected chi connectivity index (χ3v) is 5.08. The van der Waals surface area contributed by atoms with E-state index in [-0.39, 0.29) is 6.54 Å². The van der Waals surface area contributed by atoms with Crippen molar-refractivity contribution in [2.75, 3.05) is 19.4 Å². The first-order valence-corrected chi connectivity index (χ1v) is 7.58. The van der Waals surface area contributed by atoms with Gasteiger partial charge in [-0.2, -0.15) is 0 Å². The molecule has 1 aliphatic carbocycles. The Kier molecular flexibility index (Phi) is 3.99. The molecule has 0 aromatic heterocycles. The molecule has 0 aliphatic heterocycles. The molecule has 8 heteroatoms. The van der Waals surface area contributed by atoms with Crippen molar-refractivity contribution in [1.29, 1.82) is 0 Å². The number of nitrogens with two attached hydrogens (primary N) is 1. The van der Waals surface area contributed by atoms with E-state index in [1.165, 1.54) is 7.11 Å². The van der Waals surface area contributed by atoms with Gasteiger partial charge in [0, 0.05) is 13.7 Å². The van der Waals surface area contributed by atoms with Gasteiger partial charge in [-0.3, -0.25) is 0 Å². The van der Waals surface area contributed by atoms with E-state index in [0.29, 0.717) is 0 Å². The van der Waals surface area contributed by atoms with E-state index in [1.807, 2.05) is 0 Å². The Balaban J connectivity index is 2.21. The van der Waals surface area contributed by atoms with Crippen molar-refractivity contribution in [3.05, 3.63) is 23.8 Å². The van der Waals surface area contributed by atoms with Gasteiger partial charge in [0.2, 0.25) is 10.0 Å². The summed E-state index contributed by atoms with van der Waals surface area (Å²) in [4.78, 5) is -0.665. The van der Waals surface area contributed by atoms with Gasteiger partial charge < -0.3 is 10.5 Å². The van der Waals surface area contributed by atoms with Crippen LogP contribution in [0.1, 0.15) is 19.3 Å². The number of methoxy groups -OCH3 is 1. The molecular formula is C12H16F2N2O3S. The average Bonchev–Trinajstić information content (AvgIpc) is 2.35. The normalized spacial score (nSPS) is 17.8. The Morgan fingerprint density at radius 2 is 2.05 bits per heavy atom. The SMILES string of the molecule is COC1(CNS(=O)(=O)c2ccc(F)c(N)c2F)CCC1. The summed E-state index contributed by atoms with van der Waals surface area (Å²) < 4.78 is 58.4. The molecule has 1 saturated carbocycles. The zero-order valence-electron chi connectivity index (χ0n) is 10.9. The second-order valence-corrected chi connectivity index (χ2v) is 6.57. The Morgan fingerprint density at radius 3 is 2.55 bits per heavy atom. The monoisotopic (exact) mass is 306 g/mol. The molecular weight excluding hydrogens is 290 g/mol. The number of benzene rings is 1. The van der Waals surface area contributed by atoms with E-state index in [2.05, 4.69) is 4.72 Å². The van der Waals surface area contributed by atoms with E-state index >= 15 is 0 Å². The molecule has 1 fully saturated rings. The van der Waals surface area contributed by atoms with Crippen LogP contribution in [0, 0.1) is 11.6 Å². The van der Waals surface area contributed by atoms with E-state index in [0.717, 1.165) is 31.4 Å². The molecule has 5 nitrogen and oxygen atoms in total. The highest BCUT2D eigenvalue weighted by Gasteiger charge is 2.38. The molecule has 1 aliphatic rings. The molecule has 2 rings (SSSR count). The van der Waals surface area contributed by atoms with E-state index < -0.39 is 37.8 Å². The molecule has 0 atom stereocenters. The van der Waals surface area contributed by atoms with Gasteiger partial charge >= 0.3 is 0 Å². The highest BCUT2D eigenvalue weighted by molar-refractivity contribution is 7.89. The lowest BCUT2D eigenvalue weighted by Gasteiger charge is -2.40. The second-order valence-electron chi connectivity index (χ2n) is 4.84. The van der Waals surface area contributed by atoms with Crippen molar-refractivity contribution < 1.29 is 21.9 Å². The van der Waals surface area contributed by atoms with Crippen LogP contribution < -0.4 is 10.5 Å². The number of rotatable bonds is 5. The van der Waals surface area contributed by atoms with Crippen LogP contribution in [0.3, 0.4) is 0 Å². The predicted molar refractivity (Wildman–Crippen MR) is 69.5 cm³/mol. The summed E-state index contributed by atoms with van der Waals surface area (Å²) in [6.07, 6.45) is 2.42. The van der Waals surface area contributed by atoms with Crippen LogP contribution in [0.5, 0.6) is 0 Å². The summed E-state index contributed by atoms with van der Waals surface area (Å²) in [6.45, 7) is 0.0442. The zero-order valence-corrected chi connectivity index (χ0v) is 11.8. The third kappa shape index (κ3) is 2.63. The molecule has 1 aromatic rings. The third-order valence-electron chi connectivity index (χ3n) is 3.66. The molecule has 0 radical (unpaired) electrons. The van der Waals surface area contributed by atoms with Crippen molar-refractivity contribution in [1.82, 2.24) is 4.72 Å². The van der Waals surface area contributed by atoms with Crippen LogP contribution in [0.25, 0.3) is 0 Å². The highest BCUT2D eigenvalue weighted by atomic mass is 32.2. The van der Waals surface area contributed by atoms with Crippen LogP contribution in [0.2, 0.25) is 0 Å². The first-order chi connectivity index (χ1) is 9.31. The molecule has 0 saturated heterocycles. The summed E-state index contributed by atoms with van der Waals surface area (Å²) in [7, 11) is -2.60. The minimum Gasteiger partial charge on any atom is -0.394 e. The van der Waals surface area contributed by atoms with Crippen molar-refractivity contribution in [3.63, 3.8) is 0 Å². The molecule has 112 valence electrons. The summed E-state index contributed by atoms with van der Waals surface area (Å²) in [6, 6.07) is 1.67. The molecule has 1 aromatic carbocycles. The van der Waals surface area contributed by atoms with Gasteiger partial charge in [-0.25, -0.2) is 21.9 Å². The lowest BCUT2D eigenvalue weighted by molar-refractivity contribution is -0.0659. The summed E-state index contributed by atoms with van der Waals surface area (Å²) in [5, 5.41) is 0. The number of halogens is 2. The van der Waals surface area contributed by atoms with Gasteiger partial charge in [-0.15, -0.1) is 0 Å². The topological polar surface area (TPSA) is 81.4 Å². The Bertz CT molecular complexity index is 610. The highest BCUT2D eigenvalue weighted by Crippen LogP contribution is 2.34. The summed E-state index contributed by atoms with van der Waals surface area (Å²) in [5.41, 5.74) is 3.82. The van der Waals surface area contributed by atoms with Gasteiger partial charge in [-0.1, -0.05) is 0 Å². The standard InChI is InChI=1S/C12H16F2N2O3S/c1-19-12(5-2-6-12)7-16-20(17,18)9-4-3-8(13)11(15)10(9)14/h3-4,16H,2,5-7,15H2,1H3. The molecule has 0 spiro atoms. The first-order valence-electron chi connectivity index (χ1n) is 6.10. The quantitative estimate of drug-likeness (QED) is 0.806. The van der Waals surface area contributed by atoms with Crippen LogP contribution in [0.15, 0.2) is 17.0 Å². The maximum Gasteiger partial charge on any atom is 0.243 e. The summed E-state index contributed by atoms with van der Waals surface area (Å²) >= 11 is 0. The predicted octanol–water partition coefficient (Wildman–Crippen LogP) is 1.39. The Morgan fingerprint density at radius 1 is 1.40 bits per heavy atom. The Labute approximate surface area is 116 Å².